The number of rotatable bonds is 9. The van der Waals surface area contributed by atoms with Gasteiger partial charge < -0.3 is 10.6 Å². The van der Waals surface area contributed by atoms with E-state index in [1.54, 1.807) is 24.3 Å². The Labute approximate surface area is 188 Å². The van der Waals surface area contributed by atoms with Crippen molar-refractivity contribution in [2.24, 2.45) is 0 Å². The zero-order valence-electron chi connectivity index (χ0n) is 17.7. The molecule has 0 unspecified atom stereocenters. The molecule has 0 aliphatic carbocycles. The normalized spacial score (nSPS) is 12.3. The Kier molecular flexibility index (Phi) is 7.09. The quantitative estimate of drug-likeness (QED) is 0.339. The topological polar surface area (TPSA) is 133 Å². The van der Waals surface area contributed by atoms with E-state index in [1.807, 2.05) is 38.1 Å². The Morgan fingerprint density at radius 1 is 0.844 bits per heavy atom. The third kappa shape index (κ3) is 6.92. The summed E-state index contributed by atoms with van der Waals surface area (Å²) in [4.78, 5) is 0. The van der Waals surface area contributed by atoms with E-state index in [4.69, 9.17) is 0 Å². The minimum Gasteiger partial charge on any atom is -0.383 e. The van der Waals surface area contributed by atoms with Crippen molar-refractivity contribution in [3.8, 4) is 0 Å². The van der Waals surface area contributed by atoms with Gasteiger partial charge >= 0.3 is 0 Å². The molecule has 0 saturated heterocycles. The van der Waals surface area contributed by atoms with Crippen LogP contribution in [-0.2, 0) is 38.3 Å². The summed E-state index contributed by atoms with van der Waals surface area (Å²) in [6, 6.07) is 16.4. The molecule has 0 heterocycles. The maximum atomic E-state index is 11.6. The molecular formula is C22H26N2O6S2. The van der Waals surface area contributed by atoms with Crippen LogP contribution in [0.5, 0.6) is 0 Å². The highest BCUT2D eigenvalue weighted by Gasteiger charge is 2.16. The molecule has 0 bridgehead atoms. The van der Waals surface area contributed by atoms with Gasteiger partial charge in [0.25, 0.3) is 20.2 Å². The first kappa shape index (κ1) is 24.0. The molecule has 3 rings (SSSR count). The van der Waals surface area contributed by atoms with Crippen molar-refractivity contribution in [2.75, 3.05) is 10.6 Å². The summed E-state index contributed by atoms with van der Waals surface area (Å²) in [6.07, 6.45) is 0. The minimum absolute atomic E-state index is 0.225. The Balaban J connectivity index is 2.00. The largest absolute Gasteiger partial charge is 0.383 e. The van der Waals surface area contributed by atoms with Gasteiger partial charge in [-0.15, -0.1) is 0 Å². The van der Waals surface area contributed by atoms with Gasteiger partial charge in [0.15, 0.2) is 0 Å². The van der Waals surface area contributed by atoms with Crippen LogP contribution in [0.2, 0.25) is 0 Å². The van der Waals surface area contributed by atoms with Crippen molar-refractivity contribution in [2.45, 2.75) is 37.9 Å². The van der Waals surface area contributed by atoms with Gasteiger partial charge in [-0.1, -0.05) is 30.3 Å². The Hall–Kier alpha value is -2.66. The average molecular weight is 479 g/mol. The van der Waals surface area contributed by atoms with Gasteiger partial charge in [-0.2, -0.15) is 16.8 Å². The molecule has 0 aliphatic heterocycles. The lowest BCUT2D eigenvalue weighted by molar-refractivity contribution is 0.480. The SMILES string of the molecule is CC(C)Nc1cccc(CNc2cccc3cc(CS(=O)(=O)O)cc(CS(=O)(=O)O)c23)c1. The summed E-state index contributed by atoms with van der Waals surface area (Å²) in [5.41, 5.74) is 3.10. The number of benzene rings is 3. The molecule has 8 nitrogen and oxygen atoms in total. The monoisotopic (exact) mass is 478 g/mol. The van der Waals surface area contributed by atoms with Gasteiger partial charge in [0.1, 0.15) is 11.5 Å². The lowest BCUT2D eigenvalue weighted by atomic mass is 10.0. The zero-order valence-corrected chi connectivity index (χ0v) is 19.4. The minimum atomic E-state index is -4.38. The van der Waals surface area contributed by atoms with Crippen LogP contribution < -0.4 is 10.6 Å². The van der Waals surface area contributed by atoms with Gasteiger partial charge in [0, 0.05) is 29.3 Å². The third-order valence-electron chi connectivity index (χ3n) is 4.67. The van der Waals surface area contributed by atoms with Gasteiger partial charge in [0.05, 0.1) is 0 Å². The van der Waals surface area contributed by atoms with Gasteiger partial charge in [0.2, 0.25) is 0 Å². The molecule has 0 spiro atoms. The first-order valence-electron chi connectivity index (χ1n) is 9.94. The first-order valence-corrected chi connectivity index (χ1v) is 13.2. The van der Waals surface area contributed by atoms with Crippen molar-refractivity contribution in [3.05, 3.63) is 71.3 Å². The molecule has 3 aromatic rings. The molecule has 0 fully saturated rings. The number of fused-ring (bicyclic) bond motifs is 1. The third-order valence-corrected chi connectivity index (χ3v) is 6.04. The molecule has 0 radical (unpaired) electrons. The maximum absolute atomic E-state index is 11.6. The molecule has 0 atom stereocenters. The summed E-state index contributed by atoms with van der Waals surface area (Å²) in [7, 11) is -8.69. The number of nitrogens with one attached hydrogen (secondary N) is 2. The predicted molar refractivity (Wildman–Crippen MR) is 127 cm³/mol. The first-order chi connectivity index (χ1) is 14.9. The van der Waals surface area contributed by atoms with E-state index in [1.165, 1.54) is 6.07 Å². The van der Waals surface area contributed by atoms with Crippen LogP contribution in [0.3, 0.4) is 0 Å². The zero-order chi connectivity index (χ0) is 23.5. The molecule has 4 N–H and O–H groups in total. The van der Waals surface area contributed by atoms with Crippen LogP contribution in [0.15, 0.2) is 54.6 Å². The fraction of sp³-hybridized carbons (Fsp3) is 0.273. The lowest BCUT2D eigenvalue weighted by Gasteiger charge is -2.16. The predicted octanol–water partition coefficient (Wildman–Crippen LogP) is 4.05. The fourth-order valence-corrected chi connectivity index (χ4v) is 4.85. The average Bonchev–Trinajstić information content (AvgIpc) is 2.63. The second-order valence-electron chi connectivity index (χ2n) is 7.96. The fourth-order valence-electron chi connectivity index (χ4n) is 3.64. The smallest absolute Gasteiger partial charge is 0.269 e. The summed E-state index contributed by atoms with van der Waals surface area (Å²) in [5, 5.41) is 7.79. The van der Waals surface area contributed by atoms with Crippen LogP contribution in [0.25, 0.3) is 10.8 Å². The molecule has 3 aromatic carbocycles. The Morgan fingerprint density at radius 3 is 2.19 bits per heavy atom. The molecular weight excluding hydrogens is 452 g/mol. The van der Waals surface area contributed by atoms with Gasteiger partial charge in [-0.05, 0) is 60.2 Å². The van der Waals surface area contributed by atoms with Crippen molar-refractivity contribution < 1.29 is 25.9 Å². The van der Waals surface area contributed by atoms with E-state index in [9.17, 15) is 25.9 Å². The number of anilines is 2. The van der Waals surface area contributed by atoms with Gasteiger partial charge in [-0.25, -0.2) is 0 Å². The van der Waals surface area contributed by atoms with Gasteiger partial charge in [-0.3, -0.25) is 9.11 Å². The molecule has 0 aromatic heterocycles. The molecule has 0 amide bonds. The molecule has 32 heavy (non-hydrogen) atoms. The summed E-state index contributed by atoms with van der Waals surface area (Å²) in [6.45, 7) is 4.56. The van der Waals surface area contributed by atoms with E-state index >= 15 is 0 Å². The van der Waals surface area contributed by atoms with Crippen LogP contribution in [0, 0.1) is 0 Å². The highest BCUT2D eigenvalue weighted by atomic mass is 32.2. The highest BCUT2D eigenvalue weighted by molar-refractivity contribution is 7.85. The Morgan fingerprint density at radius 2 is 1.53 bits per heavy atom. The van der Waals surface area contributed by atoms with Crippen LogP contribution in [-0.4, -0.2) is 32.0 Å². The van der Waals surface area contributed by atoms with Crippen LogP contribution >= 0.6 is 0 Å². The maximum Gasteiger partial charge on any atom is 0.269 e. The van der Waals surface area contributed by atoms with E-state index in [2.05, 4.69) is 10.6 Å². The van der Waals surface area contributed by atoms with Crippen molar-refractivity contribution in [3.63, 3.8) is 0 Å². The number of hydrogen-bond donors (Lipinski definition) is 4. The van der Waals surface area contributed by atoms with Crippen molar-refractivity contribution in [1.29, 1.82) is 0 Å². The van der Waals surface area contributed by atoms with Crippen LogP contribution in [0.1, 0.15) is 30.5 Å². The molecule has 0 saturated carbocycles. The second kappa shape index (κ2) is 9.45. The van der Waals surface area contributed by atoms with E-state index in [0.29, 0.717) is 23.0 Å². The lowest BCUT2D eigenvalue weighted by Crippen LogP contribution is -2.10. The van der Waals surface area contributed by atoms with Crippen molar-refractivity contribution in [1.82, 2.24) is 0 Å². The summed E-state index contributed by atoms with van der Waals surface area (Å²) in [5.74, 6) is -1.34. The van der Waals surface area contributed by atoms with E-state index in [0.717, 1.165) is 11.3 Å². The standard InChI is InChI=1S/C22H26N2O6S2/c1-15(2)24-20-7-3-5-16(11-20)12-23-21-8-4-6-18-9-17(13-31(25,26)27)10-19(22(18)21)14-32(28,29)30/h3-11,15,23-24H,12-14H2,1-2H3,(H,25,26,27)(H,28,29,30). The van der Waals surface area contributed by atoms with Crippen LogP contribution in [0.4, 0.5) is 11.4 Å². The number of hydrogen-bond acceptors (Lipinski definition) is 6. The molecule has 172 valence electrons. The molecule has 10 heteroatoms. The van der Waals surface area contributed by atoms with Crippen molar-refractivity contribution >= 4 is 42.4 Å². The summed E-state index contributed by atoms with van der Waals surface area (Å²) >= 11 is 0. The Bertz CT molecular complexity index is 1340. The highest BCUT2D eigenvalue weighted by Crippen LogP contribution is 2.31. The summed E-state index contributed by atoms with van der Waals surface area (Å²) < 4.78 is 64.5. The second-order valence-corrected chi connectivity index (χ2v) is 10.9. The van der Waals surface area contributed by atoms with E-state index < -0.39 is 31.7 Å². The molecule has 0 aliphatic rings. The van der Waals surface area contributed by atoms with E-state index in [-0.39, 0.29) is 17.2 Å².